The number of carbonyl (C=O) groups excluding carboxylic acids is 2. The SMILES string of the molecule is CC(=O)OC(C)C(=O)NCc1cccc(-c2ccc(C3OC(CSc4nncn4C)C(C)C(c4ccc(CO)cc4)O3)cc2)c1. The Morgan fingerprint density at radius 1 is 1.02 bits per heavy atom. The Morgan fingerprint density at radius 3 is 2.42 bits per heavy atom. The van der Waals surface area contributed by atoms with Crippen LogP contribution >= 0.6 is 11.8 Å². The molecular weight excluding hydrogens is 592 g/mol. The van der Waals surface area contributed by atoms with Crippen LogP contribution in [0.4, 0.5) is 0 Å². The van der Waals surface area contributed by atoms with Gasteiger partial charge in [0.25, 0.3) is 5.91 Å². The van der Waals surface area contributed by atoms with Gasteiger partial charge < -0.3 is 29.2 Å². The molecule has 0 saturated carbocycles. The van der Waals surface area contributed by atoms with Crippen molar-refractivity contribution in [3.8, 4) is 11.1 Å². The zero-order valence-electron chi connectivity index (χ0n) is 25.8. The van der Waals surface area contributed by atoms with Gasteiger partial charge in [-0.15, -0.1) is 10.2 Å². The number of thioether (sulfide) groups is 1. The third kappa shape index (κ3) is 8.17. The Morgan fingerprint density at radius 2 is 1.76 bits per heavy atom. The molecule has 11 heteroatoms. The van der Waals surface area contributed by atoms with Crippen LogP contribution in [0.3, 0.4) is 0 Å². The molecule has 1 aliphatic rings. The number of aliphatic hydroxyl groups is 1. The second kappa shape index (κ2) is 14.8. The van der Waals surface area contributed by atoms with Gasteiger partial charge in [0.05, 0.1) is 18.8 Å². The van der Waals surface area contributed by atoms with Gasteiger partial charge in [0.1, 0.15) is 6.33 Å². The standard InChI is InChI=1S/C34H38N4O6S/c1-21-30(19-45-34-37-36-20-38(34)4)43-33(44-31(21)27-10-8-24(18-39)9-11-27)28-14-12-26(13-15-28)29-7-5-6-25(16-29)17-35-32(41)22(2)42-23(3)40/h5-16,20-22,30-31,33,39H,17-19H2,1-4H3,(H,35,41). The molecule has 1 fully saturated rings. The smallest absolute Gasteiger partial charge is 0.303 e. The van der Waals surface area contributed by atoms with E-state index >= 15 is 0 Å². The van der Waals surface area contributed by atoms with Crippen LogP contribution in [0.25, 0.3) is 11.1 Å². The minimum absolute atomic E-state index is 0.0107. The van der Waals surface area contributed by atoms with Crippen LogP contribution in [0.1, 0.15) is 55.4 Å². The summed E-state index contributed by atoms with van der Waals surface area (Å²) in [6.07, 6.45) is -0.0804. The lowest BCUT2D eigenvalue weighted by atomic mass is 9.91. The lowest BCUT2D eigenvalue weighted by Gasteiger charge is -2.41. The number of aryl methyl sites for hydroxylation is 1. The quantitative estimate of drug-likeness (QED) is 0.172. The largest absolute Gasteiger partial charge is 0.453 e. The molecule has 1 aliphatic heterocycles. The van der Waals surface area contributed by atoms with E-state index in [-0.39, 0.29) is 30.6 Å². The van der Waals surface area contributed by atoms with Gasteiger partial charge in [0.2, 0.25) is 0 Å². The molecule has 0 aliphatic carbocycles. The summed E-state index contributed by atoms with van der Waals surface area (Å²) in [5, 5.41) is 21.4. The average Bonchev–Trinajstić information content (AvgIpc) is 3.47. The maximum Gasteiger partial charge on any atom is 0.303 e. The number of esters is 1. The molecule has 2 heterocycles. The number of nitrogens with zero attached hydrogens (tertiary/aromatic N) is 3. The van der Waals surface area contributed by atoms with E-state index in [1.54, 1.807) is 25.0 Å². The number of benzene rings is 3. The van der Waals surface area contributed by atoms with Crippen LogP contribution in [0.15, 0.2) is 84.3 Å². The van der Waals surface area contributed by atoms with Crippen molar-refractivity contribution in [2.75, 3.05) is 5.75 Å². The molecule has 4 aromatic rings. The molecular formula is C34H38N4O6S. The summed E-state index contributed by atoms with van der Waals surface area (Å²) >= 11 is 1.60. The number of rotatable bonds is 11. The molecule has 0 radical (unpaired) electrons. The highest BCUT2D eigenvalue weighted by Gasteiger charge is 2.38. The molecule has 5 atom stereocenters. The Kier molecular flexibility index (Phi) is 10.7. The van der Waals surface area contributed by atoms with Crippen molar-refractivity contribution in [2.24, 2.45) is 13.0 Å². The molecule has 5 rings (SSSR count). The monoisotopic (exact) mass is 630 g/mol. The summed E-state index contributed by atoms with van der Waals surface area (Å²) in [4.78, 5) is 23.4. The van der Waals surface area contributed by atoms with Gasteiger partial charge in [-0.1, -0.05) is 85.4 Å². The van der Waals surface area contributed by atoms with Gasteiger partial charge in [0.15, 0.2) is 17.6 Å². The summed E-state index contributed by atoms with van der Waals surface area (Å²) in [6, 6.07) is 23.9. The highest BCUT2D eigenvalue weighted by atomic mass is 32.2. The van der Waals surface area contributed by atoms with Gasteiger partial charge in [-0.2, -0.15) is 0 Å². The zero-order chi connectivity index (χ0) is 31.9. The number of carbonyl (C=O) groups is 2. The molecule has 0 bridgehead atoms. The van der Waals surface area contributed by atoms with Crippen molar-refractivity contribution in [1.82, 2.24) is 20.1 Å². The number of amides is 1. The van der Waals surface area contributed by atoms with Crippen LogP contribution < -0.4 is 5.32 Å². The van der Waals surface area contributed by atoms with Crippen molar-refractivity contribution in [2.45, 2.75) is 63.7 Å². The minimum atomic E-state index is -0.852. The lowest BCUT2D eigenvalue weighted by Crippen LogP contribution is -2.38. The molecule has 0 spiro atoms. The first-order valence-corrected chi connectivity index (χ1v) is 15.8. The first-order valence-electron chi connectivity index (χ1n) is 14.8. The van der Waals surface area contributed by atoms with Crippen LogP contribution in [-0.2, 0) is 44.0 Å². The Balaban J connectivity index is 1.31. The highest BCUT2D eigenvalue weighted by molar-refractivity contribution is 7.99. The highest BCUT2D eigenvalue weighted by Crippen LogP contribution is 2.43. The predicted molar refractivity (Wildman–Crippen MR) is 170 cm³/mol. The summed E-state index contributed by atoms with van der Waals surface area (Å²) in [5.41, 5.74) is 5.72. The number of ether oxygens (including phenoxy) is 3. The maximum atomic E-state index is 12.3. The minimum Gasteiger partial charge on any atom is -0.453 e. The van der Waals surface area contributed by atoms with E-state index in [1.807, 2.05) is 84.4 Å². The first-order chi connectivity index (χ1) is 21.7. The van der Waals surface area contributed by atoms with Gasteiger partial charge in [-0.25, -0.2) is 0 Å². The van der Waals surface area contributed by atoms with E-state index in [0.717, 1.165) is 38.5 Å². The maximum absolute atomic E-state index is 12.3. The summed E-state index contributed by atoms with van der Waals surface area (Å²) in [7, 11) is 1.92. The van der Waals surface area contributed by atoms with Gasteiger partial charge in [0, 0.05) is 37.8 Å². The number of aromatic nitrogens is 3. The zero-order valence-corrected chi connectivity index (χ0v) is 26.6. The van der Waals surface area contributed by atoms with Crippen LogP contribution in [0.5, 0.6) is 0 Å². The molecule has 45 heavy (non-hydrogen) atoms. The second-order valence-electron chi connectivity index (χ2n) is 11.1. The first kappa shape index (κ1) is 32.4. The van der Waals surface area contributed by atoms with Gasteiger partial charge in [-0.3, -0.25) is 9.59 Å². The second-order valence-corrected chi connectivity index (χ2v) is 12.1. The molecule has 5 unspecified atom stereocenters. The molecule has 1 aromatic heterocycles. The third-order valence-electron chi connectivity index (χ3n) is 7.79. The molecule has 2 N–H and O–H groups in total. The molecule has 1 amide bonds. The van der Waals surface area contributed by atoms with Crippen LogP contribution in [0.2, 0.25) is 0 Å². The molecule has 10 nitrogen and oxygen atoms in total. The summed E-state index contributed by atoms with van der Waals surface area (Å²) in [6.45, 7) is 5.26. The predicted octanol–water partition coefficient (Wildman–Crippen LogP) is 5.13. The number of hydrogen-bond donors (Lipinski definition) is 2. The van der Waals surface area contributed by atoms with E-state index < -0.39 is 18.4 Å². The third-order valence-corrected chi connectivity index (χ3v) is 8.91. The van der Waals surface area contributed by atoms with E-state index in [2.05, 4.69) is 22.4 Å². The number of hydrogen-bond acceptors (Lipinski definition) is 9. The fourth-order valence-corrected chi connectivity index (χ4v) is 6.25. The Bertz CT molecular complexity index is 1590. The van der Waals surface area contributed by atoms with E-state index in [0.29, 0.717) is 12.3 Å². The fourth-order valence-electron chi connectivity index (χ4n) is 5.20. The van der Waals surface area contributed by atoms with Crippen molar-refractivity contribution in [3.63, 3.8) is 0 Å². The Hall–Kier alpha value is -4.03. The van der Waals surface area contributed by atoms with E-state index in [9.17, 15) is 14.7 Å². The summed E-state index contributed by atoms with van der Waals surface area (Å²) < 4.78 is 20.0. The molecule has 3 aromatic carbocycles. The number of nitrogens with one attached hydrogen (secondary N) is 1. The van der Waals surface area contributed by atoms with Crippen molar-refractivity contribution < 1.29 is 28.9 Å². The fraction of sp³-hybridized carbons (Fsp3) is 0.353. The normalized spacial score (nSPS) is 20.4. The van der Waals surface area contributed by atoms with Gasteiger partial charge >= 0.3 is 5.97 Å². The Labute approximate surface area is 267 Å². The van der Waals surface area contributed by atoms with Crippen molar-refractivity contribution >= 4 is 23.6 Å². The lowest BCUT2D eigenvalue weighted by molar-refractivity contribution is -0.268. The van der Waals surface area contributed by atoms with Gasteiger partial charge in [-0.05, 0) is 40.8 Å². The molecule has 236 valence electrons. The average molecular weight is 631 g/mol. The van der Waals surface area contributed by atoms with E-state index in [4.69, 9.17) is 14.2 Å². The van der Waals surface area contributed by atoms with Crippen molar-refractivity contribution in [3.05, 3.63) is 101 Å². The van der Waals surface area contributed by atoms with Crippen molar-refractivity contribution in [1.29, 1.82) is 0 Å². The molecule has 1 saturated heterocycles. The van der Waals surface area contributed by atoms with Crippen LogP contribution in [0, 0.1) is 5.92 Å². The van der Waals surface area contributed by atoms with Crippen LogP contribution in [-0.4, -0.2) is 49.7 Å². The topological polar surface area (TPSA) is 125 Å². The van der Waals surface area contributed by atoms with E-state index in [1.165, 1.54) is 6.92 Å². The summed E-state index contributed by atoms with van der Waals surface area (Å²) in [5.74, 6) is -0.107. The number of aliphatic hydroxyl groups excluding tert-OH is 1.